The molecule has 2 heteroatoms. The van der Waals surface area contributed by atoms with Gasteiger partial charge in [-0.1, -0.05) is 18.2 Å². The standard InChI is InChI=1S/C18H18O2/c1-11-9-18(20-3)12(2)8-16(11)14-4-6-15-13(10-14)5-7-17(15)19/h4,6,8-10H,5,7H2,1-3H3. The van der Waals surface area contributed by atoms with Crippen LogP contribution in [0.5, 0.6) is 5.75 Å². The number of carbonyl (C=O) groups excluding carboxylic acids is 1. The molecule has 0 amide bonds. The van der Waals surface area contributed by atoms with Gasteiger partial charge < -0.3 is 4.74 Å². The Balaban J connectivity index is 2.10. The first-order valence-electron chi connectivity index (χ1n) is 6.92. The molecule has 0 fully saturated rings. The molecular weight excluding hydrogens is 248 g/mol. The Labute approximate surface area is 119 Å². The number of rotatable bonds is 2. The first kappa shape index (κ1) is 12.9. The summed E-state index contributed by atoms with van der Waals surface area (Å²) < 4.78 is 5.36. The molecule has 0 radical (unpaired) electrons. The molecule has 2 aromatic carbocycles. The van der Waals surface area contributed by atoms with Gasteiger partial charge in [0, 0.05) is 12.0 Å². The molecule has 0 atom stereocenters. The second-order valence-corrected chi connectivity index (χ2v) is 5.43. The van der Waals surface area contributed by atoms with Crippen LogP contribution >= 0.6 is 0 Å². The van der Waals surface area contributed by atoms with Crippen molar-refractivity contribution in [3.8, 4) is 16.9 Å². The lowest BCUT2D eigenvalue weighted by atomic mass is 9.95. The molecule has 0 N–H and O–H groups in total. The number of benzene rings is 2. The van der Waals surface area contributed by atoms with Gasteiger partial charge >= 0.3 is 0 Å². The van der Waals surface area contributed by atoms with Gasteiger partial charge in [-0.2, -0.15) is 0 Å². The van der Waals surface area contributed by atoms with Gasteiger partial charge in [-0.3, -0.25) is 4.79 Å². The van der Waals surface area contributed by atoms with Gasteiger partial charge in [0.2, 0.25) is 0 Å². The Bertz CT molecular complexity index is 699. The number of methoxy groups -OCH3 is 1. The maximum Gasteiger partial charge on any atom is 0.163 e. The molecule has 0 bridgehead atoms. The van der Waals surface area contributed by atoms with Crippen molar-refractivity contribution in [3.05, 3.63) is 52.6 Å². The second-order valence-electron chi connectivity index (χ2n) is 5.43. The van der Waals surface area contributed by atoms with E-state index in [1.165, 1.54) is 22.3 Å². The van der Waals surface area contributed by atoms with E-state index in [0.29, 0.717) is 6.42 Å². The van der Waals surface area contributed by atoms with Crippen molar-refractivity contribution in [2.45, 2.75) is 26.7 Å². The largest absolute Gasteiger partial charge is 0.496 e. The summed E-state index contributed by atoms with van der Waals surface area (Å²) in [5, 5.41) is 0. The van der Waals surface area contributed by atoms with Gasteiger partial charge in [-0.05, 0) is 60.2 Å². The zero-order chi connectivity index (χ0) is 14.3. The number of Topliss-reactive ketones (excluding diaryl/α,β-unsaturated/α-hetero) is 1. The van der Waals surface area contributed by atoms with Crippen LogP contribution in [-0.2, 0) is 6.42 Å². The quantitative estimate of drug-likeness (QED) is 0.817. The van der Waals surface area contributed by atoms with E-state index < -0.39 is 0 Å². The lowest BCUT2D eigenvalue weighted by molar-refractivity contribution is 0.0994. The van der Waals surface area contributed by atoms with Crippen molar-refractivity contribution in [1.29, 1.82) is 0 Å². The van der Waals surface area contributed by atoms with Gasteiger partial charge in [0.05, 0.1) is 7.11 Å². The first-order valence-corrected chi connectivity index (χ1v) is 6.92. The smallest absolute Gasteiger partial charge is 0.163 e. The predicted octanol–water partition coefficient (Wildman–Crippen LogP) is 4.11. The molecule has 0 unspecified atom stereocenters. The van der Waals surface area contributed by atoms with Crippen molar-refractivity contribution in [1.82, 2.24) is 0 Å². The Morgan fingerprint density at radius 3 is 2.50 bits per heavy atom. The van der Waals surface area contributed by atoms with Gasteiger partial charge in [-0.15, -0.1) is 0 Å². The third-order valence-corrected chi connectivity index (χ3v) is 4.08. The highest BCUT2D eigenvalue weighted by Gasteiger charge is 2.19. The molecular formula is C18H18O2. The minimum absolute atomic E-state index is 0.272. The van der Waals surface area contributed by atoms with Crippen LogP contribution < -0.4 is 4.74 Å². The molecule has 2 nitrogen and oxygen atoms in total. The maximum absolute atomic E-state index is 11.7. The molecule has 3 rings (SSSR count). The number of carbonyl (C=O) groups is 1. The van der Waals surface area contributed by atoms with E-state index in [1.54, 1.807) is 7.11 Å². The fourth-order valence-corrected chi connectivity index (χ4v) is 2.94. The van der Waals surface area contributed by atoms with Crippen molar-refractivity contribution < 1.29 is 9.53 Å². The third-order valence-electron chi connectivity index (χ3n) is 4.08. The highest BCUT2D eigenvalue weighted by molar-refractivity contribution is 6.01. The number of ketones is 1. The van der Waals surface area contributed by atoms with E-state index in [0.717, 1.165) is 23.3 Å². The van der Waals surface area contributed by atoms with Gasteiger partial charge in [0.1, 0.15) is 5.75 Å². The van der Waals surface area contributed by atoms with E-state index >= 15 is 0 Å². The van der Waals surface area contributed by atoms with Crippen LogP contribution in [0, 0.1) is 13.8 Å². The van der Waals surface area contributed by atoms with Crippen LogP contribution in [0.3, 0.4) is 0 Å². The van der Waals surface area contributed by atoms with E-state index in [2.05, 4.69) is 38.1 Å². The van der Waals surface area contributed by atoms with Crippen molar-refractivity contribution in [3.63, 3.8) is 0 Å². The van der Waals surface area contributed by atoms with E-state index in [9.17, 15) is 4.79 Å². The maximum atomic E-state index is 11.7. The normalized spacial score (nSPS) is 13.4. The van der Waals surface area contributed by atoms with Crippen LogP contribution in [0.15, 0.2) is 30.3 Å². The average molecular weight is 266 g/mol. The topological polar surface area (TPSA) is 26.3 Å². The zero-order valence-electron chi connectivity index (χ0n) is 12.1. The second kappa shape index (κ2) is 4.78. The lowest BCUT2D eigenvalue weighted by Gasteiger charge is -2.12. The van der Waals surface area contributed by atoms with Crippen molar-refractivity contribution in [2.75, 3.05) is 7.11 Å². The molecule has 0 heterocycles. The van der Waals surface area contributed by atoms with Crippen LogP contribution in [0.4, 0.5) is 0 Å². The third kappa shape index (κ3) is 2.01. The zero-order valence-corrected chi connectivity index (χ0v) is 12.1. The predicted molar refractivity (Wildman–Crippen MR) is 80.6 cm³/mol. The van der Waals surface area contributed by atoms with E-state index in [1.807, 2.05) is 6.07 Å². The van der Waals surface area contributed by atoms with Crippen LogP contribution in [0.1, 0.15) is 33.5 Å². The summed E-state index contributed by atoms with van der Waals surface area (Å²) in [7, 11) is 1.70. The van der Waals surface area contributed by atoms with Crippen LogP contribution in [0.25, 0.3) is 11.1 Å². The lowest BCUT2D eigenvalue weighted by Crippen LogP contribution is -1.93. The van der Waals surface area contributed by atoms with Gasteiger partial charge in [0.15, 0.2) is 5.78 Å². The molecule has 102 valence electrons. The number of aryl methyl sites for hydroxylation is 3. The first-order chi connectivity index (χ1) is 9.60. The summed E-state index contributed by atoms with van der Waals surface area (Å²) in [4.78, 5) is 11.7. The van der Waals surface area contributed by atoms with Crippen LogP contribution in [-0.4, -0.2) is 12.9 Å². The SMILES string of the molecule is COc1cc(C)c(-c2ccc3c(c2)CCC3=O)cc1C. The van der Waals surface area contributed by atoms with E-state index in [4.69, 9.17) is 4.74 Å². The van der Waals surface area contributed by atoms with Crippen LogP contribution in [0.2, 0.25) is 0 Å². The molecule has 0 saturated carbocycles. The molecule has 0 aliphatic heterocycles. The minimum atomic E-state index is 0.272. The fourth-order valence-electron chi connectivity index (χ4n) is 2.94. The van der Waals surface area contributed by atoms with Crippen molar-refractivity contribution >= 4 is 5.78 Å². The Morgan fingerprint density at radius 1 is 0.950 bits per heavy atom. The molecule has 0 aromatic heterocycles. The molecule has 0 saturated heterocycles. The van der Waals surface area contributed by atoms with Gasteiger partial charge in [0.25, 0.3) is 0 Å². The summed E-state index contributed by atoms with van der Waals surface area (Å²) in [5.74, 6) is 1.19. The average Bonchev–Trinajstić information content (AvgIpc) is 2.82. The molecule has 1 aliphatic rings. The summed E-state index contributed by atoms with van der Waals surface area (Å²) in [6.07, 6.45) is 1.52. The minimum Gasteiger partial charge on any atom is -0.496 e. The highest BCUT2D eigenvalue weighted by Crippen LogP contribution is 2.33. The summed E-state index contributed by atoms with van der Waals surface area (Å²) in [6.45, 7) is 4.15. The number of hydrogen-bond donors (Lipinski definition) is 0. The number of fused-ring (bicyclic) bond motifs is 1. The highest BCUT2D eigenvalue weighted by atomic mass is 16.5. The summed E-state index contributed by atoms with van der Waals surface area (Å²) >= 11 is 0. The Hall–Kier alpha value is -2.09. The monoisotopic (exact) mass is 266 g/mol. The Kier molecular flexibility index (Phi) is 3.09. The van der Waals surface area contributed by atoms with E-state index in [-0.39, 0.29) is 5.78 Å². The fraction of sp³-hybridized carbons (Fsp3) is 0.278. The molecule has 1 aliphatic carbocycles. The molecule has 2 aromatic rings. The summed E-state index contributed by atoms with van der Waals surface area (Å²) in [6, 6.07) is 10.4. The Morgan fingerprint density at radius 2 is 1.75 bits per heavy atom. The summed E-state index contributed by atoms with van der Waals surface area (Å²) in [5.41, 5.74) is 6.80. The number of ether oxygens (including phenoxy) is 1. The molecule has 0 spiro atoms. The number of hydrogen-bond acceptors (Lipinski definition) is 2. The van der Waals surface area contributed by atoms with Gasteiger partial charge in [-0.25, -0.2) is 0 Å². The molecule has 20 heavy (non-hydrogen) atoms. The van der Waals surface area contributed by atoms with Crippen molar-refractivity contribution in [2.24, 2.45) is 0 Å².